The number of hydrogen-bond acceptors (Lipinski definition) is 5. The lowest BCUT2D eigenvalue weighted by Crippen LogP contribution is -2.41. The maximum absolute atomic E-state index is 11.8. The van der Waals surface area contributed by atoms with Crippen LogP contribution in [0.25, 0.3) is 0 Å². The zero-order chi connectivity index (χ0) is 13.9. The quantitative estimate of drug-likeness (QED) is 0.659. The van der Waals surface area contributed by atoms with Crippen LogP contribution in [0.3, 0.4) is 0 Å². The molecule has 1 amide bonds. The first-order valence-electron chi connectivity index (χ1n) is 4.96. The number of nitrogens with zero attached hydrogens (tertiary/aromatic N) is 1. The second-order valence-electron chi connectivity index (χ2n) is 3.35. The van der Waals surface area contributed by atoms with Gasteiger partial charge in [-0.1, -0.05) is 17.7 Å². The SMILES string of the molecule is O=C(NNS(=O)(=O)c1ccc(Cl)nc1)c1cccs1. The van der Waals surface area contributed by atoms with Crippen LogP contribution in [-0.2, 0) is 10.0 Å². The Morgan fingerprint density at radius 2 is 2.11 bits per heavy atom. The third-order valence-corrected chi connectivity index (χ3v) is 4.38. The Hall–Kier alpha value is -1.48. The van der Waals surface area contributed by atoms with Gasteiger partial charge in [0.25, 0.3) is 15.9 Å². The average molecular weight is 318 g/mol. The van der Waals surface area contributed by atoms with Gasteiger partial charge in [0.15, 0.2) is 0 Å². The summed E-state index contributed by atoms with van der Waals surface area (Å²) in [5, 5.41) is 1.90. The number of aromatic nitrogens is 1. The summed E-state index contributed by atoms with van der Waals surface area (Å²) in [7, 11) is -3.86. The number of amides is 1. The second-order valence-corrected chi connectivity index (χ2v) is 6.37. The van der Waals surface area contributed by atoms with Crippen LogP contribution in [0.4, 0.5) is 0 Å². The number of thiophene rings is 1. The van der Waals surface area contributed by atoms with Gasteiger partial charge in [0.05, 0.1) is 4.88 Å². The minimum absolute atomic E-state index is 0.0941. The molecule has 0 radical (unpaired) electrons. The molecular formula is C10H8ClN3O3S2. The molecule has 0 atom stereocenters. The van der Waals surface area contributed by atoms with Gasteiger partial charge >= 0.3 is 0 Å². The summed E-state index contributed by atoms with van der Waals surface area (Å²) in [6.07, 6.45) is 1.10. The van der Waals surface area contributed by atoms with Gasteiger partial charge in [0.2, 0.25) is 0 Å². The number of sulfonamides is 1. The van der Waals surface area contributed by atoms with Crippen molar-refractivity contribution < 1.29 is 13.2 Å². The molecule has 0 aromatic carbocycles. The summed E-state index contributed by atoms with van der Waals surface area (Å²) in [6, 6.07) is 5.90. The lowest BCUT2D eigenvalue weighted by Gasteiger charge is -2.07. The van der Waals surface area contributed by atoms with Crippen LogP contribution in [0.15, 0.2) is 40.7 Å². The van der Waals surface area contributed by atoms with Crippen LogP contribution in [0.2, 0.25) is 5.15 Å². The molecule has 2 aromatic rings. The predicted molar refractivity (Wildman–Crippen MR) is 71.4 cm³/mol. The van der Waals surface area contributed by atoms with E-state index in [1.54, 1.807) is 17.5 Å². The molecular weight excluding hydrogens is 310 g/mol. The zero-order valence-electron chi connectivity index (χ0n) is 9.33. The molecule has 9 heteroatoms. The minimum atomic E-state index is -3.86. The van der Waals surface area contributed by atoms with E-state index in [2.05, 4.69) is 10.4 Å². The number of carbonyl (C=O) groups excluding carboxylic acids is 1. The van der Waals surface area contributed by atoms with Gasteiger partial charge in [-0.15, -0.1) is 16.2 Å². The highest BCUT2D eigenvalue weighted by Crippen LogP contribution is 2.11. The first kappa shape index (κ1) is 13.9. The summed E-state index contributed by atoms with van der Waals surface area (Å²) < 4.78 is 23.6. The fourth-order valence-corrected chi connectivity index (χ4v) is 2.68. The van der Waals surface area contributed by atoms with Crippen molar-refractivity contribution >= 4 is 38.9 Å². The van der Waals surface area contributed by atoms with E-state index in [1.165, 1.54) is 23.5 Å². The van der Waals surface area contributed by atoms with E-state index in [-0.39, 0.29) is 10.0 Å². The summed E-state index contributed by atoms with van der Waals surface area (Å²) in [5.41, 5.74) is 2.11. The molecule has 0 aliphatic rings. The molecule has 0 aliphatic carbocycles. The first-order chi connectivity index (χ1) is 8.99. The molecule has 2 rings (SSSR count). The lowest BCUT2D eigenvalue weighted by atomic mass is 10.5. The first-order valence-corrected chi connectivity index (χ1v) is 7.70. The third-order valence-electron chi connectivity index (χ3n) is 2.05. The molecule has 19 heavy (non-hydrogen) atoms. The maximum atomic E-state index is 11.8. The van der Waals surface area contributed by atoms with Crippen LogP contribution in [0.5, 0.6) is 0 Å². The number of hydrazine groups is 1. The molecule has 0 spiro atoms. The Bertz CT molecular complexity index is 669. The van der Waals surface area contributed by atoms with Crippen molar-refractivity contribution in [1.29, 1.82) is 0 Å². The Balaban J connectivity index is 2.06. The highest BCUT2D eigenvalue weighted by Gasteiger charge is 2.16. The zero-order valence-corrected chi connectivity index (χ0v) is 11.7. The number of pyridine rings is 1. The summed E-state index contributed by atoms with van der Waals surface area (Å²) in [4.78, 5) is 17.5. The number of hydrogen-bond donors (Lipinski definition) is 2. The molecule has 0 aliphatic heterocycles. The van der Waals surface area contributed by atoms with Crippen molar-refractivity contribution in [3.8, 4) is 0 Å². The van der Waals surface area contributed by atoms with Crippen molar-refractivity contribution in [3.63, 3.8) is 0 Å². The lowest BCUT2D eigenvalue weighted by molar-refractivity contribution is 0.0949. The fourth-order valence-electron chi connectivity index (χ4n) is 1.16. The standard InChI is InChI=1S/C10H8ClN3O3S2/c11-9-4-3-7(6-12-9)19(16,17)14-13-10(15)8-2-1-5-18-8/h1-6,14H,(H,13,15). The topological polar surface area (TPSA) is 88.2 Å². The molecule has 2 aromatic heterocycles. The monoisotopic (exact) mass is 317 g/mol. The molecule has 6 nitrogen and oxygen atoms in total. The van der Waals surface area contributed by atoms with Crippen LogP contribution in [-0.4, -0.2) is 19.3 Å². The Labute approximate surface area is 118 Å². The van der Waals surface area contributed by atoms with Crippen molar-refractivity contribution in [2.24, 2.45) is 0 Å². The molecule has 0 saturated carbocycles. The minimum Gasteiger partial charge on any atom is -0.273 e. The van der Waals surface area contributed by atoms with E-state index in [1.807, 2.05) is 4.83 Å². The van der Waals surface area contributed by atoms with Crippen LogP contribution < -0.4 is 10.3 Å². The van der Waals surface area contributed by atoms with E-state index in [0.717, 1.165) is 6.20 Å². The van der Waals surface area contributed by atoms with Gasteiger partial charge in [-0.25, -0.2) is 13.4 Å². The van der Waals surface area contributed by atoms with Gasteiger partial charge in [0, 0.05) is 6.20 Å². The molecule has 0 saturated heterocycles. The van der Waals surface area contributed by atoms with Gasteiger partial charge < -0.3 is 0 Å². The van der Waals surface area contributed by atoms with E-state index >= 15 is 0 Å². The molecule has 0 unspecified atom stereocenters. The number of halogens is 1. The van der Waals surface area contributed by atoms with Crippen molar-refractivity contribution in [1.82, 2.24) is 15.2 Å². The summed E-state index contributed by atoms with van der Waals surface area (Å²) >= 11 is 6.76. The highest BCUT2D eigenvalue weighted by atomic mass is 35.5. The Morgan fingerprint density at radius 3 is 2.68 bits per heavy atom. The van der Waals surface area contributed by atoms with Crippen LogP contribution in [0, 0.1) is 0 Å². The number of nitrogens with one attached hydrogen (secondary N) is 2. The average Bonchev–Trinajstić information content (AvgIpc) is 2.90. The Morgan fingerprint density at radius 1 is 1.32 bits per heavy atom. The molecule has 2 N–H and O–H groups in total. The predicted octanol–water partition coefficient (Wildman–Crippen LogP) is 1.42. The maximum Gasteiger partial charge on any atom is 0.276 e. The highest BCUT2D eigenvalue weighted by molar-refractivity contribution is 7.89. The summed E-state index contributed by atoms with van der Waals surface area (Å²) in [6.45, 7) is 0. The van der Waals surface area contributed by atoms with E-state index in [0.29, 0.717) is 4.88 Å². The van der Waals surface area contributed by atoms with Crippen molar-refractivity contribution in [2.75, 3.05) is 0 Å². The van der Waals surface area contributed by atoms with E-state index < -0.39 is 15.9 Å². The largest absolute Gasteiger partial charge is 0.276 e. The third kappa shape index (κ3) is 3.51. The van der Waals surface area contributed by atoms with Crippen molar-refractivity contribution in [3.05, 3.63) is 45.9 Å². The van der Waals surface area contributed by atoms with Crippen LogP contribution in [0.1, 0.15) is 9.67 Å². The second kappa shape index (κ2) is 5.66. The number of carbonyl (C=O) groups is 1. The normalized spacial score (nSPS) is 11.2. The van der Waals surface area contributed by atoms with Gasteiger partial charge in [-0.2, -0.15) is 0 Å². The molecule has 0 fully saturated rings. The van der Waals surface area contributed by atoms with E-state index in [9.17, 15) is 13.2 Å². The van der Waals surface area contributed by atoms with E-state index in [4.69, 9.17) is 11.6 Å². The summed E-state index contributed by atoms with van der Waals surface area (Å²) in [5.74, 6) is -0.527. The van der Waals surface area contributed by atoms with Gasteiger partial charge in [0.1, 0.15) is 10.0 Å². The smallest absolute Gasteiger partial charge is 0.273 e. The molecule has 0 bridgehead atoms. The number of rotatable bonds is 4. The fraction of sp³-hybridized carbons (Fsp3) is 0. The van der Waals surface area contributed by atoms with Gasteiger partial charge in [-0.05, 0) is 23.6 Å². The van der Waals surface area contributed by atoms with Crippen molar-refractivity contribution in [2.45, 2.75) is 4.90 Å². The molecule has 2 heterocycles. The Kier molecular flexibility index (Phi) is 4.15. The van der Waals surface area contributed by atoms with Gasteiger partial charge in [-0.3, -0.25) is 10.2 Å². The molecule has 100 valence electrons. The van der Waals surface area contributed by atoms with Crippen LogP contribution >= 0.6 is 22.9 Å².